The number of hydrogen-bond acceptors (Lipinski definition) is 7. The second-order valence-corrected chi connectivity index (χ2v) is 10.6. The van der Waals surface area contributed by atoms with E-state index in [0.29, 0.717) is 12.4 Å². The van der Waals surface area contributed by atoms with Crippen molar-refractivity contribution < 1.29 is 14.3 Å². The van der Waals surface area contributed by atoms with Gasteiger partial charge in [0.05, 0.1) is 11.3 Å². The number of benzene rings is 2. The van der Waals surface area contributed by atoms with Crippen LogP contribution in [0.1, 0.15) is 33.3 Å². The zero-order valence-corrected chi connectivity index (χ0v) is 20.8. The van der Waals surface area contributed by atoms with Crippen LogP contribution in [0.4, 0.5) is 16.3 Å². The number of amidine groups is 1. The number of carbonyl (C=O) groups is 1. The van der Waals surface area contributed by atoms with Crippen LogP contribution in [-0.4, -0.2) is 35.1 Å². The quantitative estimate of drug-likeness (QED) is 0.447. The van der Waals surface area contributed by atoms with E-state index < -0.39 is 17.2 Å². The molecule has 0 spiro atoms. The van der Waals surface area contributed by atoms with Gasteiger partial charge in [-0.05, 0) is 75.1 Å². The molecule has 1 atom stereocenters. The Bertz CT molecular complexity index is 1190. The number of nitrogens with one attached hydrogen (secondary N) is 2. The SMILES string of the molecule is CC(C)(C)OC(=O)NC1=N[C@](C)(c2cccc(Nc3nsc4cc(Br)ccc34)c2)COC1. The highest BCUT2D eigenvalue weighted by Crippen LogP contribution is 2.34. The van der Waals surface area contributed by atoms with Gasteiger partial charge in [0.1, 0.15) is 23.6 Å². The molecule has 0 aliphatic carbocycles. The first kappa shape index (κ1) is 22.7. The van der Waals surface area contributed by atoms with Crippen molar-refractivity contribution in [2.75, 3.05) is 18.5 Å². The first-order valence-corrected chi connectivity index (χ1v) is 11.8. The molecule has 0 fully saturated rings. The summed E-state index contributed by atoms with van der Waals surface area (Å²) in [5.41, 5.74) is 0.642. The van der Waals surface area contributed by atoms with E-state index in [1.807, 2.05) is 64.1 Å². The van der Waals surface area contributed by atoms with Crippen LogP contribution in [0.2, 0.25) is 0 Å². The van der Waals surface area contributed by atoms with Crippen LogP contribution >= 0.6 is 27.5 Å². The summed E-state index contributed by atoms with van der Waals surface area (Å²) in [5, 5.41) is 7.20. The maximum absolute atomic E-state index is 12.1. The Labute approximate surface area is 199 Å². The molecule has 2 aromatic carbocycles. The highest BCUT2D eigenvalue weighted by Gasteiger charge is 2.32. The molecule has 1 aromatic heterocycles. The number of ether oxygens (including phenoxy) is 2. The monoisotopic (exact) mass is 516 g/mol. The number of anilines is 2. The number of alkyl carbamates (subject to hydrolysis) is 1. The zero-order chi connectivity index (χ0) is 22.9. The molecule has 2 N–H and O–H groups in total. The van der Waals surface area contributed by atoms with Crippen LogP contribution in [0.5, 0.6) is 0 Å². The summed E-state index contributed by atoms with van der Waals surface area (Å²) in [7, 11) is 0. The smallest absolute Gasteiger partial charge is 0.413 e. The number of fused-ring (bicyclic) bond motifs is 1. The molecule has 7 nitrogen and oxygen atoms in total. The lowest BCUT2D eigenvalue weighted by molar-refractivity contribution is 0.0543. The molecule has 32 heavy (non-hydrogen) atoms. The van der Waals surface area contributed by atoms with Crippen LogP contribution in [0.25, 0.3) is 10.1 Å². The molecule has 2 heterocycles. The summed E-state index contributed by atoms with van der Waals surface area (Å²) in [6.07, 6.45) is -0.540. The molecule has 1 aliphatic heterocycles. The van der Waals surface area contributed by atoms with Crippen molar-refractivity contribution in [2.45, 2.75) is 38.8 Å². The number of carbonyl (C=O) groups excluding carboxylic acids is 1. The Hall–Kier alpha value is -2.49. The van der Waals surface area contributed by atoms with Crippen LogP contribution < -0.4 is 10.6 Å². The van der Waals surface area contributed by atoms with Gasteiger partial charge in [-0.25, -0.2) is 4.79 Å². The predicted octanol–water partition coefficient (Wildman–Crippen LogP) is 5.97. The fourth-order valence-electron chi connectivity index (χ4n) is 3.41. The van der Waals surface area contributed by atoms with Crippen molar-refractivity contribution >= 4 is 61.0 Å². The Morgan fingerprint density at radius 2 is 2.06 bits per heavy atom. The van der Waals surface area contributed by atoms with Gasteiger partial charge in [-0.1, -0.05) is 28.1 Å². The largest absolute Gasteiger partial charge is 0.444 e. The van der Waals surface area contributed by atoms with Crippen molar-refractivity contribution in [3.63, 3.8) is 0 Å². The fourth-order valence-corrected chi connectivity index (χ4v) is 4.70. The first-order valence-electron chi connectivity index (χ1n) is 10.2. The normalized spacial score (nSPS) is 18.8. The third kappa shape index (κ3) is 5.28. The van der Waals surface area contributed by atoms with Gasteiger partial charge in [0.15, 0.2) is 5.82 Å². The molecular weight excluding hydrogens is 492 g/mol. The Morgan fingerprint density at radius 1 is 1.25 bits per heavy atom. The summed E-state index contributed by atoms with van der Waals surface area (Å²) in [6, 6.07) is 14.1. The number of aliphatic imine (C=N–C) groups is 1. The average molecular weight is 517 g/mol. The van der Waals surface area contributed by atoms with E-state index in [2.05, 4.69) is 37.0 Å². The maximum Gasteiger partial charge on any atom is 0.413 e. The predicted molar refractivity (Wildman–Crippen MR) is 132 cm³/mol. The van der Waals surface area contributed by atoms with Crippen LogP contribution in [-0.2, 0) is 15.0 Å². The molecule has 9 heteroatoms. The number of halogens is 1. The van der Waals surface area contributed by atoms with E-state index in [1.165, 1.54) is 11.5 Å². The summed E-state index contributed by atoms with van der Waals surface area (Å²) >= 11 is 4.95. The standard InChI is InChI=1S/C23H25BrN4O3S/c1-22(2,3)31-21(29)26-19-12-30-13-23(4,27-19)14-6-5-7-16(10-14)25-20-17-9-8-15(24)11-18(17)32-28-20/h5-11H,12-13H2,1-4H3,(H,25,28)(H,26,27,29)/t23-/m0/s1. The maximum atomic E-state index is 12.1. The van der Waals surface area contributed by atoms with E-state index in [-0.39, 0.29) is 6.61 Å². The van der Waals surface area contributed by atoms with Gasteiger partial charge < -0.3 is 14.8 Å². The molecule has 0 bridgehead atoms. The van der Waals surface area contributed by atoms with Crippen LogP contribution in [0.3, 0.4) is 0 Å². The second kappa shape index (κ2) is 8.80. The molecule has 0 radical (unpaired) electrons. The number of rotatable bonds is 3. The van der Waals surface area contributed by atoms with Gasteiger partial charge in [0.2, 0.25) is 0 Å². The van der Waals surface area contributed by atoms with E-state index in [4.69, 9.17) is 14.5 Å². The summed E-state index contributed by atoms with van der Waals surface area (Å²) in [6.45, 7) is 8.07. The first-order chi connectivity index (χ1) is 15.1. The van der Waals surface area contributed by atoms with Gasteiger partial charge in [-0.3, -0.25) is 10.3 Å². The van der Waals surface area contributed by atoms with Gasteiger partial charge >= 0.3 is 6.09 Å². The number of nitrogens with zero attached hydrogens (tertiary/aromatic N) is 2. The van der Waals surface area contributed by atoms with Crippen molar-refractivity contribution in [1.29, 1.82) is 0 Å². The van der Waals surface area contributed by atoms with Crippen molar-refractivity contribution in [1.82, 2.24) is 9.69 Å². The van der Waals surface area contributed by atoms with Gasteiger partial charge in [-0.2, -0.15) is 4.37 Å². The molecule has 4 rings (SSSR count). The van der Waals surface area contributed by atoms with Crippen LogP contribution in [0.15, 0.2) is 51.9 Å². The van der Waals surface area contributed by atoms with Crippen LogP contribution in [0, 0.1) is 0 Å². The van der Waals surface area contributed by atoms with Gasteiger partial charge in [0, 0.05) is 15.5 Å². The third-order valence-electron chi connectivity index (χ3n) is 4.83. The molecule has 0 saturated carbocycles. The minimum Gasteiger partial charge on any atom is -0.444 e. The number of aromatic nitrogens is 1. The zero-order valence-electron chi connectivity index (χ0n) is 18.4. The summed E-state index contributed by atoms with van der Waals surface area (Å²) in [5.74, 6) is 1.26. The second-order valence-electron chi connectivity index (χ2n) is 8.83. The average Bonchev–Trinajstić information content (AvgIpc) is 3.08. The minimum absolute atomic E-state index is 0.229. The Morgan fingerprint density at radius 3 is 2.84 bits per heavy atom. The molecule has 0 unspecified atom stereocenters. The number of hydrogen-bond donors (Lipinski definition) is 2. The lowest BCUT2D eigenvalue weighted by atomic mass is 9.92. The Kier molecular flexibility index (Phi) is 6.24. The van der Waals surface area contributed by atoms with Crippen molar-refractivity contribution in [3.05, 3.63) is 52.5 Å². The van der Waals surface area contributed by atoms with E-state index in [1.54, 1.807) is 0 Å². The van der Waals surface area contributed by atoms with Crippen molar-refractivity contribution in [3.8, 4) is 0 Å². The summed E-state index contributed by atoms with van der Waals surface area (Å²) < 4.78 is 17.8. The minimum atomic E-state index is -0.644. The molecule has 3 aromatic rings. The van der Waals surface area contributed by atoms with Gasteiger partial charge in [0.25, 0.3) is 0 Å². The lowest BCUT2D eigenvalue weighted by Gasteiger charge is -2.31. The lowest BCUT2D eigenvalue weighted by Crippen LogP contribution is -2.44. The third-order valence-corrected chi connectivity index (χ3v) is 6.13. The summed E-state index contributed by atoms with van der Waals surface area (Å²) in [4.78, 5) is 16.9. The molecule has 0 saturated heterocycles. The van der Waals surface area contributed by atoms with Gasteiger partial charge in [-0.15, -0.1) is 0 Å². The van der Waals surface area contributed by atoms with E-state index >= 15 is 0 Å². The molecular formula is C23H25BrN4O3S. The Balaban J connectivity index is 1.55. The highest BCUT2D eigenvalue weighted by atomic mass is 79.9. The van der Waals surface area contributed by atoms with E-state index in [0.717, 1.165) is 31.6 Å². The topological polar surface area (TPSA) is 84.8 Å². The van der Waals surface area contributed by atoms with Crippen molar-refractivity contribution in [2.24, 2.45) is 4.99 Å². The molecule has 1 aliphatic rings. The fraction of sp³-hybridized carbons (Fsp3) is 0.348. The van der Waals surface area contributed by atoms with E-state index in [9.17, 15) is 4.79 Å². The molecule has 1 amide bonds. The highest BCUT2D eigenvalue weighted by molar-refractivity contribution is 9.10. The molecule has 168 valence electrons. The number of amides is 1.